The number of rotatable bonds is 8. The molecule has 1 aromatic carbocycles. The van der Waals surface area contributed by atoms with Gasteiger partial charge in [-0.2, -0.15) is 0 Å². The van der Waals surface area contributed by atoms with Gasteiger partial charge in [0.15, 0.2) is 23.9 Å². The first-order valence-corrected chi connectivity index (χ1v) is 8.28. The van der Waals surface area contributed by atoms with Gasteiger partial charge in [0.1, 0.15) is 12.3 Å². The average molecular weight is 369 g/mol. The maximum Gasteiger partial charge on any atom is 0.344 e. The first kappa shape index (κ1) is 18.3. The van der Waals surface area contributed by atoms with Crippen LogP contribution < -0.4 is 9.47 Å². The summed E-state index contributed by atoms with van der Waals surface area (Å²) < 4.78 is 26.3. The number of allylic oxidation sites excluding steroid dienone is 1. The van der Waals surface area contributed by atoms with Crippen molar-refractivity contribution in [2.24, 2.45) is 0 Å². The minimum Gasteiger partial charge on any atom is -0.493 e. The fraction of sp³-hybridized carbons (Fsp3) is 0.200. The third-order valence-corrected chi connectivity index (χ3v) is 3.60. The Bertz CT molecular complexity index is 910. The van der Waals surface area contributed by atoms with Crippen LogP contribution in [0.3, 0.4) is 0 Å². The quantitative estimate of drug-likeness (QED) is 0.553. The molecule has 0 amide bonds. The number of hydrogen-bond acceptors (Lipinski definition) is 7. The number of esters is 1. The summed E-state index contributed by atoms with van der Waals surface area (Å²) >= 11 is 0. The molecule has 0 unspecified atom stereocenters. The Balaban J connectivity index is 1.51. The first-order chi connectivity index (χ1) is 13.2. The van der Waals surface area contributed by atoms with Gasteiger partial charge in [-0.05, 0) is 36.8 Å². The molecule has 0 saturated heterocycles. The van der Waals surface area contributed by atoms with Gasteiger partial charge in [0, 0.05) is 6.07 Å². The lowest BCUT2D eigenvalue weighted by molar-refractivity contribution is -0.147. The second kappa shape index (κ2) is 8.75. The van der Waals surface area contributed by atoms with E-state index in [1.165, 1.54) is 6.26 Å². The van der Waals surface area contributed by atoms with E-state index in [1.54, 1.807) is 31.4 Å². The Morgan fingerprint density at radius 3 is 2.81 bits per heavy atom. The van der Waals surface area contributed by atoms with E-state index in [0.717, 1.165) is 5.56 Å². The van der Waals surface area contributed by atoms with E-state index in [-0.39, 0.29) is 13.2 Å². The third kappa shape index (κ3) is 4.78. The van der Waals surface area contributed by atoms with Crippen molar-refractivity contribution in [1.29, 1.82) is 0 Å². The zero-order chi connectivity index (χ0) is 19.1. The van der Waals surface area contributed by atoms with Crippen LogP contribution in [-0.4, -0.2) is 24.8 Å². The molecule has 0 bridgehead atoms. The summed E-state index contributed by atoms with van der Waals surface area (Å²) in [5.74, 6) is 1.49. The summed E-state index contributed by atoms with van der Waals surface area (Å²) in [5, 5.41) is 3.84. The van der Waals surface area contributed by atoms with Crippen molar-refractivity contribution in [3.63, 3.8) is 0 Å². The van der Waals surface area contributed by atoms with Crippen molar-refractivity contribution in [2.45, 2.75) is 13.5 Å². The van der Waals surface area contributed by atoms with Crippen molar-refractivity contribution in [3.05, 3.63) is 60.0 Å². The van der Waals surface area contributed by atoms with E-state index in [0.29, 0.717) is 28.7 Å². The van der Waals surface area contributed by atoms with Gasteiger partial charge in [0.2, 0.25) is 5.76 Å². The third-order valence-electron chi connectivity index (χ3n) is 3.60. The molecule has 0 fully saturated rings. The van der Waals surface area contributed by atoms with E-state index in [2.05, 4.69) is 5.16 Å². The van der Waals surface area contributed by atoms with Gasteiger partial charge in [-0.15, -0.1) is 0 Å². The Labute approximate surface area is 156 Å². The van der Waals surface area contributed by atoms with Crippen molar-refractivity contribution < 1.29 is 27.9 Å². The average Bonchev–Trinajstić information content (AvgIpc) is 3.37. The Morgan fingerprint density at radius 2 is 2.07 bits per heavy atom. The second-order valence-corrected chi connectivity index (χ2v) is 5.52. The van der Waals surface area contributed by atoms with E-state index in [1.807, 2.05) is 31.2 Å². The Kier molecular flexibility index (Phi) is 5.94. The number of carbonyl (C=O) groups is 1. The molecule has 3 aromatic rings. The number of aromatic nitrogens is 1. The van der Waals surface area contributed by atoms with Gasteiger partial charge < -0.3 is 23.2 Å². The van der Waals surface area contributed by atoms with Crippen LogP contribution in [0.15, 0.2) is 57.7 Å². The molecular formula is C20H19NO6. The van der Waals surface area contributed by atoms with Gasteiger partial charge >= 0.3 is 5.97 Å². The van der Waals surface area contributed by atoms with Crippen LogP contribution in [-0.2, 0) is 16.1 Å². The number of ether oxygens (including phenoxy) is 3. The lowest BCUT2D eigenvalue weighted by atomic mass is 10.2. The van der Waals surface area contributed by atoms with Crippen molar-refractivity contribution in [3.8, 4) is 23.0 Å². The molecule has 0 spiro atoms. The van der Waals surface area contributed by atoms with Gasteiger partial charge in [0.05, 0.1) is 13.4 Å². The topological polar surface area (TPSA) is 83.9 Å². The highest BCUT2D eigenvalue weighted by Gasteiger charge is 2.12. The maximum atomic E-state index is 11.9. The molecule has 2 aromatic heterocycles. The number of benzene rings is 1. The monoisotopic (exact) mass is 369 g/mol. The molecule has 3 rings (SSSR count). The molecule has 0 saturated carbocycles. The highest BCUT2D eigenvalue weighted by atomic mass is 16.6. The smallest absolute Gasteiger partial charge is 0.344 e. The number of furan rings is 1. The molecule has 0 aliphatic heterocycles. The highest BCUT2D eigenvalue weighted by Crippen LogP contribution is 2.28. The first-order valence-electron chi connectivity index (χ1n) is 8.28. The standard InChI is InChI=1S/C20H19NO6/c1-3-5-14-7-8-17(18(10-14)23-2)25-13-20(22)26-12-15-11-19(27-21-15)16-6-4-9-24-16/h3-11H,12-13H2,1-2H3/b5-3+. The summed E-state index contributed by atoms with van der Waals surface area (Å²) in [7, 11) is 1.54. The molecule has 27 heavy (non-hydrogen) atoms. The summed E-state index contributed by atoms with van der Waals surface area (Å²) in [4.78, 5) is 11.9. The number of methoxy groups -OCH3 is 1. The van der Waals surface area contributed by atoms with E-state index in [9.17, 15) is 4.79 Å². The fourth-order valence-corrected chi connectivity index (χ4v) is 2.35. The van der Waals surface area contributed by atoms with E-state index < -0.39 is 5.97 Å². The Hall–Kier alpha value is -3.48. The molecule has 2 heterocycles. The second-order valence-electron chi connectivity index (χ2n) is 5.52. The largest absolute Gasteiger partial charge is 0.493 e. The summed E-state index contributed by atoms with van der Waals surface area (Å²) in [5.41, 5.74) is 1.45. The van der Waals surface area contributed by atoms with Crippen LogP contribution in [0.2, 0.25) is 0 Å². The molecule has 0 aliphatic carbocycles. The lowest BCUT2D eigenvalue weighted by Gasteiger charge is -2.11. The molecule has 140 valence electrons. The SMILES string of the molecule is C/C=C/c1ccc(OCC(=O)OCc2cc(-c3ccco3)on2)c(OC)c1. The van der Waals surface area contributed by atoms with Crippen LogP contribution in [0.5, 0.6) is 11.5 Å². The van der Waals surface area contributed by atoms with E-state index in [4.69, 9.17) is 23.2 Å². The minimum atomic E-state index is -0.530. The van der Waals surface area contributed by atoms with Crippen LogP contribution in [0, 0.1) is 0 Å². The van der Waals surface area contributed by atoms with Gasteiger partial charge in [-0.25, -0.2) is 4.79 Å². The molecule has 0 atom stereocenters. The van der Waals surface area contributed by atoms with Gasteiger partial charge in [-0.1, -0.05) is 23.4 Å². The van der Waals surface area contributed by atoms with Crippen molar-refractivity contribution in [1.82, 2.24) is 5.16 Å². The minimum absolute atomic E-state index is 0.0240. The van der Waals surface area contributed by atoms with Crippen LogP contribution in [0.4, 0.5) is 0 Å². The van der Waals surface area contributed by atoms with Crippen LogP contribution in [0.25, 0.3) is 17.6 Å². The van der Waals surface area contributed by atoms with Crippen molar-refractivity contribution in [2.75, 3.05) is 13.7 Å². The molecule has 0 radical (unpaired) electrons. The molecular weight excluding hydrogens is 350 g/mol. The number of carbonyl (C=O) groups excluding carboxylic acids is 1. The molecule has 7 heteroatoms. The summed E-state index contributed by atoms with van der Waals surface area (Å²) in [6.07, 6.45) is 5.40. The molecule has 0 N–H and O–H groups in total. The zero-order valence-corrected chi connectivity index (χ0v) is 15.0. The molecule has 7 nitrogen and oxygen atoms in total. The lowest BCUT2D eigenvalue weighted by Crippen LogP contribution is -2.15. The van der Waals surface area contributed by atoms with Gasteiger partial charge in [0.25, 0.3) is 0 Å². The predicted molar refractivity (Wildman–Crippen MR) is 97.2 cm³/mol. The zero-order valence-electron chi connectivity index (χ0n) is 15.0. The van der Waals surface area contributed by atoms with Crippen LogP contribution in [0.1, 0.15) is 18.2 Å². The molecule has 0 aliphatic rings. The fourth-order valence-electron chi connectivity index (χ4n) is 2.35. The number of hydrogen-bond donors (Lipinski definition) is 0. The summed E-state index contributed by atoms with van der Waals surface area (Å²) in [6.45, 7) is 1.66. The highest BCUT2D eigenvalue weighted by molar-refractivity contribution is 5.71. The van der Waals surface area contributed by atoms with Crippen molar-refractivity contribution >= 4 is 12.0 Å². The van der Waals surface area contributed by atoms with Gasteiger partial charge in [-0.3, -0.25) is 0 Å². The number of nitrogens with zero attached hydrogens (tertiary/aromatic N) is 1. The normalized spacial score (nSPS) is 10.9. The van der Waals surface area contributed by atoms with Crippen LogP contribution >= 0.6 is 0 Å². The Morgan fingerprint density at radius 1 is 1.19 bits per heavy atom. The van der Waals surface area contributed by atoms with E-state index >= 15 is 0 Å². The maximum absolute atomic E-state index is 11.9. The predicted octanol–water partition coefficient (Wildman–Crippen LogP) is 4.10. The summed E-state index contributed by atoms with van der Waals surface area (Å²) in [6, 6.07) is 10.6.